The molecule has 0 aliphatic carbocycles. The summed E-state index contributed by atoms with van der Waals surface area (Å²) in [4.78, 5) is 21.6. The van der Waals surface area contributed by atoms with Crippen molar-refractivity contribution in [3.8, 4) is 11.6 Å². The average molecular weight is 732 g/mol. The van der Waals surface area contributed by atoms with Gasteiger partial charge in [0.1, 0.15) is 18.0 Å². The quantitative estimate of drug-likeness (QED) is 0.0973. The van der Waals surface area contributed by atoms with Gasteiger partial charge in [-0.1, -0.05) is 85.6 Å². The Hall–Kier alpha value is -2.30. The van der Waals surface area contributed by atoms with Gasteiger partial charge in [-0.25, -0.2) is 4.79 Å². The second-order valence-corrected chi connectivity index (χ2v) is 32.3. The second kappa shape index (κ2) is 14.0. The molecule has 0 radical (unpaired) electrons. The Labute approximate surface area is 297 Å². The Bertz CT molecular complexity index is 1580. The first kappa shape index (κ1) is 41.1. The topological polar surface area (TPSA) is 130 Å². The van der Waals surface area contributed by atoms with Crippen LogP contribution in [0.15, 0.2) is 40.4 Å². The molecule has 14 heteroatoms. The maximum atomic E-state index is 14.0. The molecule has 0 unspecified atom stereocenters. The zero-order valence-electron chi connectivity index (χ0n) is 33.0. The molecule has 1 fully saturated rings. The summed E-state index contributed by atoms with van der Waals surface area (Å²) < 4.78 is 35.5. The lowest BCUT2D eigenvalue weighted by Crippen LogP contribution is -2.58. The molecule has 274 valence electrons. The third kappa shape index (κ3) is 8.78. The highest BCUT2D eigenvalue weighted by Crippen LogP contribution is 2.50. The minimum absolute atomic E-state index is 0.0589. The molecule has 2 heterocycles. The maximum absolute atomic E-state index is 14.0. The van der Waals surface area contributed by atoms with Crippen molar-refractivity contribution in [3.05, 3.63) is 62.5 Å². The van der Waals surface area contributed by atoms with Crippen molar-refractivity contribution in [2.24, 2.45) is 5.11 Å². The summed E-state index contributed by atoms with van der Waals surface area (Å²) >= 11 is 0. The number of hydrogen-bond donors (Lipinski definition) is 0. The molecule has 3 rings (SSSR count). The van der Waals surface area contributed by atoms with E-state index >= 15 is 0 Å². The van der Waals surface area contributed by atoms with Gasteiger partial charge < -0.3 is 22.8 Å². The fourth-order valence-electron chi connectivity index (χ4n) is 4.77. The molecule has 1 saturated heterocycles. The van der Waals surface area contributed by atoms with Gasteiger partial charge in [0.25, 0.3) is 0 Å². The van der Waals surface area contributed by atoms with Crippen molar-refractivity contribution in [2.75, 3.05) is 6.61 Å². The van der Waals surface area contributed by atoms with E-state index in [1.807, 2.05) is 32.0 Å². The fraction of sp³-hybridized carbons (Fsp3) is 0.714. The van der Waals surface area contributed by atoms with Crippen molar-refractivity contribution in [3.63, 3.8) is 0 Å². The van der Waals surface area contributed by atoms with E-state index in [0.29, 0.717) is 5.75 Å². The largest absolute Gasteiger partial charge is 0.438 e. The van der Waals surface area contributed by atoms with Crippen LogP contribution in [0.4, 0.5) is 0 Å². The van der Waals surface area contributed by atoms with Gasteiger partial charge in [-0.3, -0.25) is 4.57 Å². The predicted molar refractivity (Wildman–Crippen MR) is 204 cm³/mol. The zero-order chi connectivity index (χ0) is 37.6. The van der Waals surface area contributed by atoms with Crippen molar-refractivity contribution < 1.29 is 22.8 Å². The normalized spacial score (nSPS) is 22.6. The summed E-state index contributed by atoms with van der Waals surface area (Å²) in [5, 5.41) is 3.85. The van der Waals surface area contributed by atoms with Crippen molar-refractivity contribution in [1.82, 2.24) is 9.55 Å². The molecule has 49 heavy (non-hydrogen) atoms. The van der Waals surface area contributed by atoms with Gasteiger partial charge in [-0.05, 0) is 84.9 Å². The van der Waals surface area contributed by atoms with Gasteiger partial charge in [-0.15, -0.1) is 0 Å². The average Bonchev–Trinajstić information content (AvgIpc) is 3.19. The maximum Gasteiger partial charge on any atom is 0.353 e. The number of rotatable bonds is 11. The van der Waals surface area contributed by atoms with E-state index < -0.39 is 54.8 Å². The number of para-hydroxylation sites is 1. The Balaban J connectivity index is 2.27. The summed E-state index contributed by atoms with van der Waals surface area (Å²) in [7, 11) is -7.49. The van der Waals surface area contributed by atoms with Gasteiger partial charge in [0, 0.05) is 17.2 Å². The van der Waals surface area contributed by atoms with Crippen LogP contribution < -0.4 is 10.4 Å². The summed E-state index contributed by atoms with van der Waals surface area (Å²) in [5.41, 5.74) is 9.73. The van der Waals surface area contributed by atoms with Crippen LogP contribution in [0.25, 0.3) is 10.4 Å². The molecule has 1 aromatic carbocycles. The van der Waals surface area contributed by atoms with E-state index in [4.69, 9.17) is 22.8 Å². The summed E-state index contributed by atoms with van der Waals surface area (Å²) in [6.07, 6.45) is -1.14. The van der Waals surface area contributed by atoms with Crippen molar-refractivity contribution in [1.29, 1.82) is 0 Å². The fourth-order valence-corrected chi connectivity index (χ4v) is 8.35. The molecule has 1 aliphatic heterocycles. The Morgan fingerprint density at radius 1 is 0.878 bits per heavy atom. The number of ether oxygens (including phenoxy) is 2. The van der Waals surface area contributed by atoms with E-state index in [1.165, 1.54) is 4.57 Å². The number of benzene rings is 1. The molecule has 0 spiro atoms. The van der Waals surface area contributed by atoms with Gasteiger partial charge in [0.2, 0.25) is 5.88 Å². The lowest BCUT2D eigenvalue weighted by Gasteiger charge is -2.46. The first-order valence-electron chi connectivity index (χ1n) is 17.2. The summed E-state index contributed by atoms with van der Waals surface area (Å²) in [6, 6.07) is 7.49. The van der Waals surface area contributed by atoms with Crippen LogP contribution in [0.1, 0.15) is 79.7 Å². The first-order valence-corrected chi connectivity index (χ1v) is 25.9. The summed E-state index contributed by atoms with van der Waals surface area (Å²) in [5.74, 6) is 0.812. The smallest absolute Gasteiger partial charge is 0.353 e. The lowest BCUT2D eigenvalue weighted by atomic mass is 10.1. The van der Waals surface area contributed by atoms with E-state index in [1.54, 1.807) is 12.3 Å². The third-order valence-electron chi connectivity index (χ3n) is 11.2. The lowest BCUT2D eigenvalue weighted by molar-refractivity contribution is -0.120. The standard InChI is InChI=1S/C35H61N5O6Si3/c1-24-19-18-20-25(2)27(24)43-26-21-22-40(31(41)37-26)30-28(45-48(14,15)33(6,7)8)29(46-49(16,17)34(9,10)11)35(44-30,38-39-36)23-42-47(12,13)32(3,4)5/h18-22,28-30H,23H2,1-17H3/t28-,29+,30-,35-/m1/s1. The predicted octanol–water partition coefficient (Wildman–Crippen LogP) is 9.99. The molecule has 1 aromatic heterocycles. The minimum atomic E-state index is -2.56. The van der Waals surface area contributed by atoms with Gasteiger partial charge >= 0.3 is 5.69 Å². The SMILES string of the molecule is Cc1cccc(C)c1Oc1ccn([C@@H]2O[C@@](CO[Si](C)(C)C(C)(C)C)(N=[N+]=[N-])[C@@H](O[Si](C)(C)C(C)(C)C)[C@H]2O[Si](C)(C)C(C)(C)C)c(=O)n1. The number of hydrogen-bond acceptors (Lipinski definition) is 8. The zero-order valence-corrected chi connectivity index (χ0v) is 36.0. The molecule has 11 nitrogen and oxygen atoms in total. The Kier molecular flexibility index (Phi) is 11.8. The van der Waals surface area contributed by atoms with Crippen LogP contribution >= 0.6 is 0 Å². The van der Waals surface area contributed by atoms with Gasteiger partial charge in [-0.2, -0.15) is 4.98 Å². The third-order valence-corrected chi connectivity index (χ3v) is 24.6. The van der Waals surface area contributed by atoms with Crippen LogP contribution in [-0.2, 0) is 18.0 Å². The number of aryl methyl sites for hydroxylation is 2. The molecule has 0 N–H and O–H groups in total. The Morgan fingerprint density at radius 3 is 1.86 bits per heavy atom. The van der Waals surface area contributed by atoms with E-state index in [-0.39, 0.29) is 27.6 Å². The van der Waals surface area contributed by atoms with Crippen LogP contribution in [0, 0.1) is 13.8 Å². The molecule has 1 aliphatic rings. The Morgan fingerprint density at radius 2 is 1.39 bits per heavy atom. The van der Waals surface area contributed by atoms with E-state index in [2.05, 4.69) is 117 Å². The summed E-state index contributed by atoms with van der Waals surface area (Å²) in [6.45, 7) is 36.1. The molecule has 0 saturated carbocycles. The van der Waals surface area contributed by atoms with Crippen LogP contribution in [0.3, 0.4) is 0 Å². The highest BCUT2D eigenvalue weighted by Gasteiger charge is 2.62. The highest BCUT2D eigenvalue weighted by atomic mass is 28.4. The van der Waals surface area contributed by atoms with Crippen LogP contribution in [0.2, 0.25) is 54.4 Å². The van der Waals surface area contributed by atoms with E-state index in [0.717, 1.165) is 11.1 Å². The number of nitrogens with zero attached hydrogens (tertiary/aromatic N) is 5. The number of azide groups is 1. The van der Waals surface area contributed by atoms with Gasteiger partial charge in [0.05, 0.1) is 6.61 Å². The molecule has 0 bridgehead atoms. The number of aromatic nitrogens is 2. The van der Waals surface area contributed by atoms with E-state index in [9.17, 15) is 10.3 Å². The molecule has 4 atom stereocenters. The first-order chi connectivity index (χ1) is 22.1. The second-order valence-electron chi connectivity index (χ2n) is 18.0. The van der Waals surface area contributed by atoms with Crippen molar-refractivity contribution in [2.45, 2.75) is 155 Å². The molecule has 0 amide bonds. The molecular weight excluding hydrogens is 671 g/mol. The van der Waals surface area contributed by atoms with Crippen molar-refractivity contribution >= 4 is 25.0 Å². The van der Waals surface area contributed by atoms with Gasteiger partial charge in [0.15, 0.2) is 36.9 Å². The monoisotopic (exact) mass is 731 g/mol. The molecule has 2 aromatic rings. The minimum Gasteiger partial charge on any atom is -0.438 e. The highest BCUT2D eigenvalue weighted by molar-refractivity contribution is 6.75. The van der Waals surface area contributed by atoms with Crippen LogP contribution in [0.5, 0.6) is 11.6 Å². The molecular formula is C35H61N5O6Si3. The van der Waals surface area contributed by atoms with Crippen LogP contribution in [-0.4, -0.2) is 59.0 Å².